The number of nitrogens with one attached hydrogen (secondary N) is 1. The first-order chi connectivity index (χ1) is 8.09. The molecule has 0 aromatic rings. The molecule has 0 aliphatic carbocycles. The number of piperidine rings is 1. The molecule has 1 aliphatic heterocycles. The van der Waals surface area contributed by atoms with Crippen molar-refractivity contribution in [2.75, 3.05) is 37.7 Å². The quantitative estimate of drug-likeness (QED) is 0.740. The van der Waals surface area contributed by atoms with Crippen LogP contribution in [0.15, 0.2) is 0 Å². The third kappa shape index (κ3) is 5.36. The van der Waals surface area contributed by atoms with E-state index in [1.54, 1.807) is 6.92 Å². The first kappa shape index (κ1) is 14.9. The minimum Gasteiger partial charge on any atom is -0.317 e. The van der Waals surface area contributed by atoms with Crippen LogP contribution in [0.5, 0.6) is 0 Å². The molecule has 1 saturated heterocycles. The number of sulfone groups is 1. The summed E-state index contributed by atoms with van der Waals surface area (Å²) in [4.78, 5) is 2.44. The molecule has 0 aromatic heterocycles. The molecule has 0 aromatic carbocycles. The van der Waals surface area contributed by atoms with E-state index in [-0.39, 0.29) is 5.75 Å². The molecule has 1 aliphatic rings. The largest absolute Gasteiger partial charge is 0.317 e. The van der Waals surface area contributed by atoms with Crippen LogP contribution >= 0.6 is 0 Å². The van der Waals surface area contributed by atoms with Crippen molar-refractivity contribution in [2.24, 2.45) is 0 Å². The molecular formula is C12H26N2O2S. The summed E-state index contributed by atoms with van der Waals surface area (Å²) in [6.07, 6.45) is 3.15. The Morgan fingerprint density at radius 2 is 1.88 bits per heavy atom. The molecule has 0 spiro atoms. The Balaban J connectivity index is 2.31. The normalized spacial score (nSPS) is 18.8. The molecule has 1 rings (SSSR count). The van der Waals surface area contributed by atoms with Gasteiger partial charge in [0, 0.05) is 11.8 Å². The molecule has 0 bridgehead atoms. The van der Waals surface area contributed by atoms with Gasteiger partial charge in [0.1, 0.15) is 9.84 Å². The number of hydrogen-bond acceptors (Lipinski definition) is 4. The highest BCUT2D eigenvalue weighted by atomic mass is 32.2. The van der Waals surface area contributed by atoms with Gasteiger partial charge in [0.2, 0.25) is 0 Å². The number of hydrogen-bond donors (Lipinski definition) is 1. The summed E-state index contributed by atoms with van der Waals surface area (Å²) >= 11 is 0. The van der Waals surface area contributed by atoms with Crippen LogP contribution in [0, 0.1) is 0 Å². The summed E-state index contributed by atoms with van der Waals surface area (Å²) in [6.45, 7) is 8.01. The molecule has 0 amide bonds. The molecule has 0 atom stereocenters. The molecule has 0 unspecified atom stereocenters. The first-order valence-corrected chi connectivity index (χ1v) is 8.56. The third-order valence-corrected chi connectivity index (χ3v) is 5.36. The van der Waals surface area contributed by atoms with Crippen LogP contribution in [0.4, 0.5) is 0 Å². The van der Waals surface area contributed by atoms with Gasteiger partial charge >= 0.3 is 0 Å². The van der Waals surface area contributed by atoms with Crippen LogP contribution in [-0.4, -0.2) is 57.0 Å². The Morgan fingerprint density at radius 1 is 1.24 bits per heavy atom. The van der Waals surface area contributed by atoms with Gasteiger partial charge in [-0.15, -0.1) is 0 Å². The summed E-state index contributed by atoms with van der Waals surface area (Å²) in [5, 5.41) is 3.36. The number of nitrogens with zero attached hydrogens (tertiary/aromatic N) is 1. The summed E-state index contributed by atoms with van der Waals surface area (Å²) in [5.74, 6) is 0.609. The maximum absolute atomic E-state index is 11.4. The van der Waals surface area contributed by atoms with E-state index >= 15 is 0 Å². The van der Waals surface area contributed by atoms with Crippen molar-refractivity contribution in [3.05, 3.63) is 0 Å². The minimum absolute atomic E-state index is 0.270. The number of rotatable bonds is 7. The van der Waals surface area contributed by atoms with Gasteiger partial charge in [-0.1, -0.05) is 13.8 Å². The van der Waals surface area contributed by atoms with Crippen LogP contribution in [0.1, 0.15) is 33.1 Å². The molecule has 17 heavy (non-hydrogen) atoms. The predicted octanol–water partition coefficient (Wildman–Crippen LogP) is 0.885. The molecule has 102 valence electrons. The van der Waals surface area contributed by atoms with Gasteiger partial charge in [0.25, 0.3) is 0 Å². The van der Waals surface area contributed by atoms with E-state index in [9.17, 15) is 8.42 Å². The summed E-state index contributed by atoms with van der Waals surface area (Å²) in [5.41, 5.74) is 0. The van der Waals surface area contributed by atoms with E-state index in [0.29, 0.717) is 11.8 Å². The van der Waals surface area contributed by atoms with Crippen LogP contribution < -0.4 is 5.32 Å². The van der Waals surface area contributed by atoms with Crippen molar-refractivity contribution in [1.82, 2.24) is 10.2 Å². The lowest BCUT2D eigenvalue weighted by atomic mass is 10.0. The fourth-order valence-corrected chi connectivity index (χ4v) is 3.26. The molecule has 1 fully saturated rings. The zero-order chi connectivity index (χ0) is 12.7. The Kier molecular flexibility index (Phi) is 6.44. The fourth-order valence-electron chi connectivity index (χ4n) is 2.40. The van der Waals surface area contributed by atoms with Gasteiger partial charge in [-0.3, -0.25) is 0 Å². The maximum Gasteiger partial charge on any atom is 0.150 e. The highest BCUT2D eigenvalue weighted by Gasteiger charge is 2.19. The fraction of sp³-hybridized carbons (Fsp3) is 1.00. The van der Waals surface area contributed by atoms with Crippen LogP contribution in [0.25, 0.3) is 0 Å². The van der Waals surface area contributed by atoms with Gasteiger partial charge in [-0.2, -0.15) is 0 Å². The Morgan fingerprint density at radius 3 is 2.41 bits per heavy atom. The van der Waals surface area contributed by atoms with Gasteiger partial charge in [0.05, 0.1) is 5.75 Å². The SMILES string of the molecule is CCN(CCCS(=O)(=O)CC)C1CCNCC1. The second kappa shape index (κ2) is 7.34. The zero-order valence-electron chi connectivity index (χ0n) is 11.1. The Labute approximate surface area is 106 Å². The van der Waals surface area contributed by atoms with E-state index in [1.165, 1.54) is 12.8 Å². The zero-order valence-corrected chi connectivity index (χ0v) is 11.9. The van der Waals surface area contributed by atoms with Gasteiger partial charge < -0.3 is 10.2 Å². The van der Waals surface area contributed by atoms with E-state index < -0.39 is 9.84 Å². The van der Waals surface area contributed by atoms with Crippen molar-refractivity contribution in [3.63, 3.8) is 0 Å². The van der Waals surface area contributed by atoms with Crippen LogP contribution in [0.3, 0.4) is 0 Å². The smallest absolute Gasteiger partial charge is 0.150 e. The second-order valence-electron chi connectivity index (χ2n) is 4.70. The maximum atomic E-state index is 11.4. The minimum atomic E-state index is -2.79. The van der Waals surface area contributed by atoms with Crippen molar-refractivity contribution < 1.29 is 8.42 Å². The van der Waals surface area contributed by atoms with Gasteiger partial charge in [0.15, 0.2) is 0 Å². The van der Waals surface area contributed by atoms with Gasteiger partial charge in [-0.25, -0.2) is 8.42 Å². The lowest BCUT2D eigenvalue weighted by molar-refractivity contribution is 0.170. The van der Waals surface area contributed by atoms with E-state index in [1.807, 2.05) is 0 Å². The van der Waals surface area contributed by atoms with E-state index in [4.69, 9.17) is 0 Å². The lowest BCUT2D eigenvalue weighted by Gasteiger charge is -2.33. The van der Waals surface area contributed by atoms with Crippen LogP contribution in [-0.2, 0) is 9.84 Å². The monoisotopic (exact) mass is 262 g/mol. The first-order valence-electron chi connectivity index (χ1n) is 6.74. The molecule has 0 saturated carbocycles. The average molecular weight is 262 g/mol. The van der Waals surface area contributed by atoms with E-state index in [2.05, 4.69) is 17.1 Å². The van der Waals surface area contributed by atoms with E-state index in [0.717, 1.165) is 32.6 Å². The molecular weight excluding hydrogens is 236 g/mol. The molecule has 1 N–H and O–H groups in total. The Bertz CT molecular complexity index is 298. The topological polar surface area (TPSA) is 49.4 Å². The van der Waals surface area contributed by atoms with Gasteiger partial charge in [-0.05, 0) is 45.4 Å². The highest BCUT2D eigenvalue weighted by molar-refractivity contribution is 7.91. The summed E-state index contributed by atoms with van der Waals surface area (Å²) in [7, 11) is -2.79. The molecule has 5 heteroatoms. The van der Waals surface area contributed by atoms with Crippen molar-refractivity contribution in [3.8, 4) is 0 Å². The summed E-state index contributed by atoms with van der Waals surface area (Å²) in [6, 6.07) is 0.644. The van der Waals surface area contributed by atoms with Crippen molar-refractivity contribution in [2.45, 2.75) is 39.2 Å². The second-order valence-corrected chi connectivity index (χ2v) is 7.17. The predicted molar refractivity (Wildman–Crippen MR) is 72.1 cm³/mol. The van der Waals surface area contributed by atoms with Crippen LogP contribution in [0.2, 0.25) is 0 Å². The Hall–Kier alpha value is -0.130. The lowest BCUT2D eigenvalue weighted by Crippen LogP contribution is -2.43. The standard InChI is InChI=1S/C12H26N2O2S/c1-3-14(12-6-8-13-9-7-12)10-5-11-17(15,16)4-2/h12-13H,3-11H2,1-2H3. The average Bonchev–Trinajstić information content (AvgIpc) is 2.36. The van der Waals surface area contributed by atoms with Crippen molar-refractivity contribution >= 4 is 9.84 Å². The van der Waals surface area contributed by atoms with Crippen molar-refractivity contribution in [1.29, 1.82) is 0 Å². The summed E-state index contributed by atoms with van der Waals surface area (Å²) < 4.78 is 22.8. The molecule has 4 nitrogen and oxygen atoms in total. The molecule has 1 heterocycles. The molecule has 0 radical (unpaired) electrons. The third-order valence-electron chi connectivity index (χ3n) is 3.57. The highest BCUT2D eigenvalue weighted by Crippen LogP contribution is 2.12.